The van der Waals surface area contributed by atoms with Gasteiger partial charge < -0.3 is 14.9 Å². The van der Waals surface area contributed by atoms with Gasteiger partial charge in [0.25, 0.3) is 5.69 Å². The first-order valence-electron chi connectivity index (χ1n) is 10.5. The summed E-state index contributed by atoms with van der Waals surface area (Å²) in [5.74, 6) is -3.54. The zero-order valence-corrected chi connectivity index (χ0v) is 17.7. The molecule has 0 aliphatic heterocycles. The predicted octanol–water partition coefficient (Wildman–Crippen LogP) is 5.49. The van der Waals surface area contributed by atoms with Crippen molar-refractivity contribution in [3.63, 3.8) is 0 Å². The minimum absolute atomic E-state index is 0.0189. The van der Waals surface area contributed by atoms with Crippen LogP contribution in [0.15, 0.2) is 29.5 Å². The van der Waals surface area contributed by atoms with E-state index in [1.807, 2.05) is 6.92 Å². The van der Waals surface area contributed by atoms with Crippen LogP contribution in [-0.4, -0.2) is 27.1 Å². The topological polar surface area (TPSA) is 127 Å². The van der Waals surface area contributed by atoms with E-state index in [0.717, 1.165) is 38.5 Å². The van der Waals surface area contributed by atoms with E-state index >= 15 is 0 Å². The molecule has 0 spiro atoms. The third kappa shape index (κ3) is 7.85. The molecule has 2 N–H and O–H groups in total. The molecule has 166 valence electrons. The summed E-state index contributed by atoms with van der Waals surface area (Å²) in [7, 11) is 0. The summed E-state index contributed by atoms with van der Waals surface area (Å²) < 4.78 is 5.53. The highest BCUT2D eigenvalue weighted by molar-refractivity contribution is 5.97. The van der Waals surface area contributed by atoms with Gasteiger partial charge in [0.15, 0.2) is 0 Å². The summed E-state index contributed by atoms with van der Waals surface area (Å²) >= 11 is 0. The molecule has 0 heterocycles. The van der Waals surface area contributed by atoms with Crippen LogP contribution in [0.5, 0.6) is 5.75 Å². The van der Waals surface area contributed by atoms with Gasteiger partial charge >= 0.3 is 11.9 Å². The fraction of sp³-hybridized carbons (Fsp3) is 0.545. The molecule has 0 bridgehead atoms. The first kappa shape index (κ1) is 25.1. The van der Waals surface area contributed by atoms with E-state index in [-0.39, 0.29) is 29.0 Å². The number of carboxylic acids is 2. The first-order valence-corrected chi connectivity index (χ1v) is 10.5. The maximum Gasteiger partial charge on any atom is 0.372 e. The van der Waals surface area contributed by atoms with E-state index in [9.17, 15) is 29.9 Å². The number of unbranched alkanes of at least 4 members (excludes halogenated alkanes) is 6. The van der Waals surface area contributed by atoms with Crippen molar-refractivity contribution in [2.24, 2.45) is 0 Å². The monoisotopic (exact) mass is 421 g/mol. The molecule has 0 aliphatic rings. The normalized spacial score (nSPS) is 11.7. The largest absolute Gasteiger partial charge is 0.478 e. The van der Waals surface area contributed by atoms with Crippen molar-refractivity contribution in [2.45, 2.75) is 78.1 Å². The molecule has 0 amide bonds. The van der Waals surface area contributed by atoms with Gasteiger partial charge in [0.1, 0.15) is 5.75 Å². The number of benzene rings is 1. The Morgan fingerprint density at radius 3 is 2.13 bits per heavy atom. The van der Waals surface area contributed by atoms with E-state index in [4.69, 9.17) is 4.74 Å². The van der Waals surface area contributed by atoms with E-state index in [1.54, 1.807) is 0 Å². The molecule has 0 saturated carbocycles. The molecule has 0 radical (unpaired) electrons. The zero-order chi connectivity index (χ0) is 22.5. The van der Waals surface area contributed by atoms with Crippen molar-refractivity contribution in [1.29, 1.82) is 0 Å². The minimum Gasteiger partial charge on any atom is -0.478 e. The minimum atomic E-state index is -1.51. The lowest BCUT2D eigenvalue weighted by Gasteiger charge is -2.14. The van der Waals surface area contributed by atoms with E-state index < -0.39 is 22.6 Å². The Kier molecular flexibility index (Phi) is 11.2. The van der Waals surface area contributed by atoms with Gasteiger partial charge in [0.05, 0.1) is 16.1 Å². The maximum atomic E-state index is 11.8. The number of aliphatic carboxylic acids is 2. The Morgan fingerprint density at radius 2 is 1.60 bits per heavy atom. The molecule has 0 aliphatic carbocycles. The number of hydrogen-bond acceptors (Lipinski definition) is 5. The van der Waals surface area contributed by atoms with Gasteiger partial charge in [0.2, 0.25) is 5.76 Å². The molecule has 8 nitrogen and oxygen atoms in total. The molecule has 1 rings (SSSR count). The number of hydrogen-bond donors (Lipinski definition) is 2. The number of carboxylic acid groups (broad SMARTS) is 2. The van der Waals surface area contributed by atoms with Crippen molar-refractivity contribution in [3.05, 3.63) is 45.2 Å². The highest BCUT2D eigenvalue weighted by atomic mass is 16.6. The van der Waals surface area contributed by atoms with Crippen molar-refractivity contribution < 1.29 is 29.5 Å². The molecule has 0 fully saturated rings. The Morgan fingerprint density at radius 1 is 0.967 bits per heavy atom. The summed E-state index contributed by atoms with van der Waals surface area (Å²) in [5, 5.41) is 30.6. The maximum absolute atomic E-state index is 11.8. The summed E-state index contributed by atoms with van der Waals surface area (Å²) in [6.07, 6.45) is 7.13. The summed E-state index contributed by atoms with van der Waals surface area (Å²) in [6.45, 7) is 4.07. The van der Waals surface area contributed by atoms with Crippen molar-refractivity contribution >= 4 is 17.6 Å². The van der Waals surface area contributed by atoms with Crippen molar-refractivity contribution in [3.8, 4) is 5.75 Å². The van der Waals surface area contributed by atoms with Crippen molar-refractivity contribution in [2.75, 3.05) is 0 Å². The highest BCUT2D eigenvalue weighted by Crippen LogP contribution is 2.32. The number of nitrogens with zero attached hydrogens (tertiary/aromatic N) is 1. The van der Waals surface area contributed by atoms with Gasteiger partial charge in [-0.3, -0.25) is 10.1 Å². The van der Waals surface area contributed by atoms with E-state index in [2.05, 4.69) is 6.92 Å². The number of rotatable bonds is 15. The summed E-state index contributed by atoms with van der Waals surface area (Å²) in [4.78, 5) is 34.4. The quantitative estimate of drug-likeness (QED) is 0.126. The van der Waals surface area contributed by atoms with Crippen LogP contribution in [0.4, 0.5) is 5.69 Å². The van der Waals surface area contributed by atoms with Crippen LogP contribution in [-0.2, 0) is 16.0 Å². The number of carbonyl (C=O) groups is 2. The van der Waals surface area contributed by atoms with Crippen LogP contribution in [0.2, 0.25) is 0 Å². The standard InChI is InChI=1S/C22H31NO7/c1-3-5-7-9-12-16-18(23(28)29)14-11-15-19(16)30-20(22(26)27)17(21(24)25)13-10-8-6-4-2/h11,14-15H,3-10,12-13H2,1-2H3,(H,24,25)(H,26,27). The van der Waals surface area contributed by atoms with Crippen LogP contribution >= 0.6 is 0 Å². The average molecular weight is 421 g/mol. The fourth-order valence-corrected chi connectivity index (χ4v) is 3.19. The SMILES string of the molecule is CCCCCCC(C(=O)O)=C(Oc1cccc([N+](=O)[O-])c1CCCCCC)C(=O)O. The highest BCUT2D eigenvalue weighted by Gasteiger charge is 2.26. The molecule has 8 heteroatoms. The number of ether oxygens (including phenoxy) is 1. The third-order valence-corrected chi connectivity index (χ3v) is 4.80. The van der Waals surface area contributed by atoms with Crippen LogP contribution in [0.1, 0.15) is 77.2 Å². The molecule has 1 aromatic carbocycles. The number of nitro benzene ring substituents is 1. The molecule has 1 aromatic rings. The molecule has 30 heavy (non-hydrogen) atoms. The molecule has 0 atom stereocenters. The molecule has 0 aromatic heterocycles. The molecular formula is C22H31NO7. The average Bonchev–Trinajstić information content (AvgIpc) is 2.70. The second-order valence-corrected chi connectivity index (χ2v) is 7.15. The Balaban J connectivity index is 3.28. The van der Waals surface area contributed by atoms with Crippen LogP contribution in [0.3, 0.4) is 0 Å². The second kappa shape index (κ2) is 13.3. The lowest BCUT2D eigenvalue weighted by molar-refractivity contribution is -0.385. The number of nitro groups is 1. The van der Waals surface area contributed by atoms with Gasteiger partial charge in [-0.15, -0.1) is 0 Å². The van der Waals surface area contributed by atoms with Gasteiger partial charge in [-0.25, -0.2) is 9.59 Å². The lowest BCUT2D eigenvalue weighted by atomic mass is 10.0. The summed E-state index contributed by atoms with van der Waals surface area (Å²) in [6, 6.07) is 4.20. The lowest BCUT2D eigenvalue weighted by Crippen LogP contribution is -2.17. The second-order valence-electron chi connectivity index (χ2n) is 7.15. The van der Waals surface area contributed by atoms with Crippen LogP contribution in [0, 0.1) is 10.1 Å². The van der Waals surface area contributed by atoms with Gasteiger partial charge in [-0.2, -0.15) is 0 Å². The van der Waals surface area contributed by atoms with Crippen LogP contribution in [0.25, 0.3) is 0 Å². The molecule has 0 saturated heterocycles. The Labute approximate surface area is 176 Å². The van der Waals surface area contributed by atoms with E-state index in [0.29, 0.717) is 19.3 Å². The predicted molar refractivity (Wildman–Crippen MR) is 113 cm³/mol. The zero-order valence-electron chi connectivity index (χ0n) is 17.7. The first-order chi connectivity index (χ1) is 14.3. The Hall–Kier alpha value is -2.90. The molecular weight excluding hydrogens is 390 g/mol. The van der Waals surface area contributed by atoms with Gasteiger partial charge in [-0.05, 0) is 31.7 Å². The molecule has 0 unspecified atom stereocenters. The van der Waals surface area contributed by atoms with Crippen molar-refractivity contribution in [1.82, 2.24) is 0 Å². The van der Waals surface area contributed by atoms with Gasteiger partial charge in [-0.1, -0.05) is 58.4 Å². The van der Waals surface area contributed by atoms with E-state index in [1.165, 1.54) is 18.2 Å². The Bertz CT molecular complexity index is 771. The summed E-state index contributed by atoms with van der Waals surface area (Å²) in [5.41, 5.74) is -0.205. The smallest absolute Gasteiger partial charge is 0.372 e. The van der Waals surface area contributed by atoms with Gasteiger partial charge in [0, 0.05) is 6.07 Å². The van der Waals surface area contributed by atoms with Crippen LogP contribution < -0.4 is 4.74 Å². The third-order valence-electron chi connectivity index (χ3n) is 4.80. The fourth-order valence-electron chi connectivity index (χ4n) is 3.19.